The van der Waals surface area contributed by atoms with Crippen molar-refractivity contribution in [1.82, 2.24) is 20.0 Å². The molecule has 1 N–H and O–H groups in total. The second kappa shape index (κ2) is 8.98. The van der Waals surface area contributed by atoms with E-state index >= 15 is 0 Å². The molecule has 1 aliphatic rings. The van der Waals surface area contributed by atoms with Gasteiger partial charge in [0, 0.05) is 30.5 Å². The van der Waals surface area contributed by atoms with Crippen LogP contribution in [0.15, 0.2) is 54.7 Å². The molecule has 1 aromatic heterocycles. The highest BCUT2D eigenvalue weighted by Gasteiger charge is 2.36. The summed E-state index contributed by atoms with van der Waals surface area (Å²) >= 11 is 0. The molecule has 7 heteroatoms. The smallest absolute Gasteiger partial charge is 0.242 e. The Hall–Kier alpha value is -3.35. The van der Waals surface area contributed by atoms with Gasteiger partial charge in [-0.2, -0.15) is 5.10 Å². The number of aryl methyl sites for hydroxylation is 1. The van der Waals surface area contributed by atoms with Gasteiger partial charge in [0.1, 0.15) is 11.8 Å². The second-order valence-corrected chi connectivity index (χ2v) is 7.46. The van der Waals surface area contributed by atoms with Crippen LogP contribution in [0, 0.1) is 0 Å². The van der Waals surface area contributed by atoms with E-state index in [4.69, 9.17) is 4.74 Å². The monoisotopic (exact) mass is 406 g/mol. The molecule has 30 heavy (non-hydrogen) atoms. The molecule has 1 saturated heterocycles. The fourth-order valence-corrected chi connectivity index (χ4v) is 3.98. The zero-order valence-corrected chi connectivity index (χ0v) is 17.1. The molecule has 1 fully saturated rings. The van der Waals surface area contributed by atoms with Gasteiger partial charge in [-0.3, -0.25) is 14.3 Å². The summed E-state index contributed by atoms with van der Waals surface area (Å²) in [6.45, 7) is 1.64. The molecule has 7 nitrogen and oxygen atoms in total. The number of methoxy groups -OCH3 is 1. The van der Waals surface area contributed by atoms with E-state index in [0.29, 0.717) is 25.9 Å². The van der Waals surface area contributed by atoms with E-state index in [9.17, 15) is 9.59 Å². The van der Waals surface area contributed by atoms with Gasteiger partial charge < -0.3 is 15.0 Å². The summed E-state index contributed by atoms with van der Waals surface area (Å²) in [5.41, 5.74) is 1.99. The number of nitrogens with zero attached hydrogens (tertiary/aromatic N) is 3. The number of hydrogen-bond acceptors (Lipinski definition) is 4. The van der Waals surface area contributed by atoms with Crippen molar-refractivity contribution in [2.45, 2.75) is 38.4 Å². The summed E-state index contributed by atoms with van der Waals surface area (Å²) < 4.78 is 7.34. The van der Waals surface area contributed by atoms with E-state index in [-0.39, 0.29) is 11.8 Å². The Morgan fingerprint density at radius 1 is 1.20 bits per heavy atom. The maximum atomic E-state index is 12.8. The summed E-state index contributed by atoms with van der Waals surface area (Å²) in [4.78, 5) is 26.8. The van der Waals surface area contributed by atoms with E-state index in [0.717, 1.165) is 35.2 Å². The van der Waals surface area contributed by atoms with Crippen molar-refractivity contribution in [3.63, 3.8) is 0 Å². The average Bonchev–Trinajstić information content (AvgIpc) is 3.35. The summed E-state index contributed by atoms with van der Waals surface area (Å²) in [5, 5.41) is 8.52. The lowest BCUT2D eigenvalue weighted by Crippen LogP contribution is -2.44. The number of nitrogens with one attached hydrogen (secondary N) is 1. The van der Waals surface area contributed by atoms with Gasteiger partial charge in [-0.15, -0.1) is 0 Å². The molecule has 0 radical (unpaired) electrons. The average molecular weight is 406 g/mol. The topological polar surface area (TPSA) is 76.5 Å². The van der Waals surface area contributed by atoms with Crippen LogP contribution in [-0.2, 0) is 22.7 Å². The third kappa shape index (κ3) is 4.15. The first-order valence-electron chi connectivity index (χ1n) is 10.3. The van der Waals surface area contributed by atoms with Gasteiger partial charge in [-0.1, -0.05) is 36.4 Å². The highest BCUT2D eigenvalue weighted by molar-refractivity contribution is 5.90. The molecule has 1 unspecified atom stereocenters. The van der Waals surface area contributed by atoms with Crippen LogP contribution in [0.25, 0.3) is 10.9 Å². The van der Waals surface area contributed by atoms with Crippen molar-refractivity contribution in [1.29, 1.82) is 0 Å². The highest BCUT2D eigenvalue weighted by Crippen LogP contribution is 2.26. The number of likely N-dealkylation sites (tertiary alicyclic amines) is 1. The first-order valence-corrected chi connectivity index (χ1v) is 10.3. The van der Waals surface area contributed by atoms with Crippen molar-refractivity contribution < 1.29 is 14.3 Å². The number of aromatic nitrogens is 2. The van der Waals surface area contributed by atoms with E-state index in [1.165, 1.54) is 0 Å². The van der Waals surface area contributed by atoms with Crippen LogP contribution in [0.2, 0.25) is 0 Å². The Morgan fingerprint density at radius 2 is 2.00 bits per heavy atom. The number of fused-ring (bicyclic) bond motifs is 1. The van der Waals surface area contributed by atoms with Crippen LogP contribution in [0.5, 0.6) is 5.75 Å². The van der Waals surface area contributed by atoms with Crippen molar-refractivity contribution in [3.8, 4) is 5.75 Å². The van der Waals surface area contributed by atoms with Gasteiger partial charge >= 0.3 is 0 Å². The summed E-state index contributed by atoms with van der Waals surface area (Å²) in [5.74, 6) is 0.632. The molecule has 0 aliphatic carbocycles. The maximum Gasteiger partial charge on any atom is 0.242 e. The number of carbonyl (C=O) groups excluding carboxylic acids is 2. The first-order chi connectivity index (χ1) is 14.7. The van der Waals surface area contributed by atoms with Crippen LogP contribution in [0.4, 0.5) is 0 Å². The standard InChI is InChI=1S/C23H26N4O3/c1-30-21-10-5-3-8-18(21)16-26-20(11-12-22(26)28)23(29)24-13-6-14-27-19-9-4-2-7-17(19)15-25-27/h2-5,7-10,15,20H,6,11-14,16H2,1H3,(H,24,29). The van der Waals surface area contributed by atoms with Gasteiger partial charge in [0.25, 0.3) is 0 Å². The molecule has 2 amide bonds. The van der Waals surface area contributed by atoms with Crippen molar-refractivity contribution >= 4 is 22.7 Å². The fourth-order valence-electron chi connectivity index (χ4n) is 3.98. The minimum absolute atomic E-state index is 0.00377. The molecule has 1 aliphatic heterocycles. The lowest BCUT2D eigenvalue weighted by Gasteiger charge is -2.25. The van der Waals surface area contributed by atoms with Crippen LogP contribution in [-0.4, -0.2) is 46.2 Å². The van der Waals surface area contributed by atoms with Crippen LogP contribution >= 0.6 is 0 Å². The first kappa shape index (κ1) is 19.9. The van der Waals surface area contributed by atoms with E-state index in [2.05, 4.69) is 10.4 Å². The predicted octanol–water partition coefficient (Wildman–Crippen LogP) is 2.74. The van der Waals surface area contributed by atoms with Crippen LogP contribution < -0.4 is 10.1 Å². The number of benzene rings is 2. The number of ether oxygens (including phenoxy) is 1. The molecule has 2 aromatic carbocycles. The van der Waals surface area contributed by atoms with E-state index < -0.39 is 6.04 Å². The normalized spacial score (nSPS) is 16.2. The zero-order chi connectivity index (χ0) is 20.9. The summed E-state index contributed by atoms with van der Waals surface area (Å²) in [7, 11) is 1.61. The zero-order valence-electron chi connectivity index (χ0n) is 17.1. The minimum atomic E-state index is -0.437. The Kier molecular flexibility index (Phi) is 5.97. The molecular formula is C23H26N4O3. The minimum Gasteiger partial charge on any atom is -0.496 e. The van der Waals surface area contributed by atoms with Gasteiger partial charge in [0.2, 0.25) is 11.8 Å². The van der Waals surface area contributed by atoms with E-state index in [1.807, 2.05) is 59.4 Å². The number of amides is 2. The molecule has 0 bridgehead atoms. The Morgan fingerprint density at radius 3 is 2.87 bits per heavy atom. The molecular weight excluding hydrogens is 380 g/mol. The maximum absolute atomic E-state index is 12.8. The quantitative estimate of drug-likeness (QED) is 0.584. The van der Waals surface area contributed by atoms with Gasteiger partial charge in [-0.25, -0.2) is 0 Å². The predicted molar refractivity (Wildman–Crippen MR) is 114 cm³/mol. The molecule has 4 rings (SSSR count). The lowest BCUT2D eigenvalue weighted by molar-refractivity contribution is -0.135. The highest BCUT2D eigenvalue weighted by atomic mass is 16.5. The Balaban J connectivity index is 1.32. The molecule has 1 atom stereocenters. The number of hydrogen-bond donors (Lipinski definition) is 1. The number of para-hydroxylation sites is 2. The molecule has 0 spiro atoms. The number of rotatable bonds is 8. The van der Waals surface area contributed by atoms with Crippen molar-refractivity contribution in [3.05, 3.63) is 60.3 Å². The third-order valence-corrected chi connectivity index (χ3v) is 5.56. The van der Waals surface area contributed by atoms with Gasteiger partial charge in [0.15, 0.2) is 0 Å². The largest absolute Gasteiger partial charge is 0.496 e. The molecule has 3 aromatic rings. The third-order valence-electron chi connectivity index (χ3n) is 5.56. The number of carbonyl (C=O) groups is 2. The second-order valence-electron chi connectivity index (χ2n) is 7.46. The van der Waals surface area contributed by atoms with Crippen molar-refractivity contribution in [2.24, 2.45) is 0 Å². The van der Waals surface area contributed by atoms with Crippen molar-refractivity contribution in [2.75, 3.05) is 13.7 Å². The molecule has 2 heterocycles. The van der Waals surface area contributed by atoms with E-state index in [1.54, 1.807) is 12.0 Å². The molecule has 0 saturated carbocycles. The SMILES string of the molecule is COc1ccccc1CN1C(=O)CCC1C(=O)NCCCn1ncc2ccccc21. The lowest BCUT2D eigenvalue weighted by atomic mass is 10.1. The summed E-state index contributed by atoms with van der Waals surface area (Å²) in [6.07, 6.45) is 3.56. The van der Waals surface area contributed by atoms with Gasteiger partial charge in [0.05, 0.1) is 25.4 Å². The van der Waals surface area contributed by atoms with Crippen LogP contribution in [0.3, 0.4) is 0 Å². The summed E-state index contributed by atoms with van der Waals surface area (Å²) in [6, 6.07) is 15.2. The Bertz CT molecular complexity index is 1050. The fraction of sp³-hybridized carbons (Fsp3) is 0.348. The molecule has 156 valence electrons. The van der Waals surface area contributed by atoms with Gasteiger partial charge in [-0.05, 0) is 25.0 Å². The van der Waals surface area contributed by atoms with Crippen LogP contribution in [0.1, 0.15) is 24.8 Å². The Labute approximate surface area is 175 Å².